The molecule has 0 radical (unpaired) electrons. The Morgan fingerprint density at radius 1 is 1.08 bits per heavy atom. The summed E-state index contributed by atoms with van der Waals surface area (Å²) in [5.41, 5.74) is 1.37. The lowest BCUT2D eigenvalue weighted by molar-refractivity contribution is -1.01. The minimum Gasteiger partial charge on any atom is -0.317 e. The Balaban J connectivity index is 1.75. The van der Waals surface area contributed by atoms with E-state index in [0.717, 1.165) is 51.3 Å². The molecular weight excluding hydrogens is 324 g/mol. The van der Waals surface area contributed by atoms with E-state index in [1.54, 1.807) is 9.80 Å². The van der Waals surface area contributed by atoms with Crippen LogP contribution in [0.2, 0.25) is 0 Å². The predicted molar refractivity (Wildman–Crippen MR) is 103 cm³/mol. The summed E-state index contributed by atoms with van der Waals surface area (Å²) in [6.07, 6.45) is 3.31. The fourth-order valence-electron chi connectivity index (χ4n) is 3.98. The molecule has 1 saturated heterocycles. The van der Waals surface area contributed by atoms with Crippen molar-refractivity contribution < 1.29 is 9.80 Å². The van der Waals surface area contributed by atoms with Gasteiger partial charge < -0.3 is 4.90 Å². The van der Waals surface area contributed by atoms with Gasteiger partial charge >= 0.3 is 0 Å². The number of para-hydroxylation sites is 1. The van der Waals surface area contributed by atoms with Crippen LogP contribution in [0, 0.1) is 0 Å². The van der Waals surface area contributed by atoms with Gasteiger partial charge in [0.05, 0.1) is 5.54 Å². The largest absolute Gasteiger partial charge is 0.317 e. The second kappa shape index (κ2) is 8.27. The predicted octanol–water partition coefficient (Wildman–Crippen LogP) is 0.775. The van der Waals surface area contributed by atoms with Gasteiger partial charge in [0.2, 0.25) is 5.82 Å². The first-order valence-corrected chi connectivity index (χ1v) is 10.1. The van der Waals surface area contributed by atoms with Crippen molar-refractivity contribution in [2.24, 2.45) is 0 Å². The van der Waals surface area contributed by atoms with Gasteiger partial charge in [0, 0.05) is 6.42 Å². The van der Waals surface area contributed by atoms with E-state index < -0.39 is 0 Å². The third-order valence-corrected chi connectivity index (χ3v) is 5.99. The van der Waals surface area contributed by atoms with Crippen LogP contribution in [0.4, 0.5) is 5.69 Å². The Hall–Kier alpha value is -1.79. The lowest BCUT2D eigenvalue weighted by Crippen LogP contribution is -3.26. The molecule has 2 aromatic rings. The second-order valence-corrected chi connectivity index (χ2v) is 8.08. The molecule has 3 rings (SSSR count). The monoisotopic (exact) mass is 358 g/mol. The van der Waals surface area contributed by atoms with E-state index in [1.165, 1.54) is 5.69 Å². The normalized spacial score (nSPS) is 22.3. The number of nitrogens with zero attached hydrogens (tertiary/aromatic N) is 4. The van der Waals surface area contributed by atoms with Crippen molar-refractivity contribution >= 4 is 5.69 Å². The maximum atomic E-state index is 4.48. The number of rotatable bonds is 7. The highest BCUT2D eigenvalue weighted by molar-refractivity contribution is 5.27. The minimum absolute atomic E-state index is 0.0403. The molecular formula is C20H34N6+2. The van der Waals surface area contributed by atoms with Crippen molar-refractivity contribution in [2.75, 3.05) is 26.2 Å². The number of aromatic nitrogens is 4. The molecule has 1 aliphatic rings. The van der Waals surface area contributed by atoms with Crippen molar-refractivity contribution in [1.29, 1.82) is 0 Å². The maximum absolute atomic E-state index is 4.48. The second-order valence-electron chi connectivity index (χ2n) is 8.08. The molecule has 1 aromatic heterocycles. The summed E-state index contributed by atoms with van der Waals surface area (Å²) >= 11 is 0. The van der Waals surface area contributed by atoms with Crippen molar-refractivity contribution in [1.82, 2.24) is 20.2 Å². The quantitative estimate of drug-likeness (QED) is 0.769. The fourth-order valence-corrected chi connectivity index (χ4v) is 3.98. The van der Waals surface area contributed by atoms with Gasteiger partial charge in [-0.05, 0) is 42.8 Å². The van der Waals surface area contributed by atoms with E-state index in [9.17, 15) is 0 Å². The number of piperazine rings is 1. The molecule has 0 unspecified atom stereocenters. The van der Waals surface area contributed by atoms with Crippen LogP contribution < -0.4 is 9.80 Å². The van der Waals surface area contributed by atoms with Crippen LogP contribution in [0.3, 0.4) is 0 Å². The molecule has 0 saturated carbocycles. The summed E-state index contributed by atoms with van der Waals surface area (Å²) in [6.45, 7) is 13.6. The van der Waals surface area contributed by atoms with E-state index in [4.69, 9.17) is 0 Å². The van der Waals surface area contributed by atoms with Crippen molar-refractivity contribution in [3.8, 4) is 0 Å². The first-order chi connectivity index (χ1) is 12.6. The summed E-state index contributed by atoms with van der Waals surface area (Å²) in [4.78, 5) is 3.23. The molecule has 0 spiro atoms. The first-order valence-electron chi connectivity index (χ1n) is 10.1. The van der Waals surface area contributed by atoms with E-state index in [1.807, 2.05) is 0 Å². The molecule has 142 valence electrons. The number of tetrazole rings is 1. The summed E-state index contributed by atoms with van der Waals surface area (Å²) in [5, 5.41) is 12.9. The molecule has 1 atom stereocenters. The van der Waals surface area contributed by atoms with Crippen LogP contribution in [-0.4, -0.2) is 46.4 Å². The fraction of sp³-hybridized carbons (Fsp3) is 0.650. The zero-order valence-corrected chi connectivity index (χ0v) is 16.7. The number of hydrogen-bond donors (Lipinski definition) is 2. The van der Waals surface area contributed by atoms with Crippen molar-refractivity contribution in [3.05, 3.63) is 36.2 Å². The molecule has 1 fully saturated rings. The van der Waals surface area contributed by atoms with Crippen molar-refractivity contribution in [2.45, 2.75) is 58.5 Å². The molecule has 1 aromatic carbocycles. The van der Waals surface area contributed by atoms with Gasteiger partial charge in [-0.15, -0.1) is 5.10 Å². The van der Waals surface area contributed by atoms with Crippen LogP contribution in [0.15, 0.2) is 30.3 Å². The van der Waals surface area contributed by atoms with E-state index in [0.29, 0.717) is 6.04 Å². The zero-order chi connectivity index (χ0) is 18.6. The van der Waals surface area contributed by atoms with Crippen LogP contribution in [-0.2, 0) is 5.54 Å². The van der Waals surface area contributed by atoms with Crippen LogP contribution in [0.25, 0.3) is 0 Å². The highest BCUT2D eigenvalue weighted by Crippen LogP contribution is 2.23. The molecule has 0 aliphatic carbocycles. The molecule has 2 heterocycles. The van der Waals surface area contributed by atoms with Gasteiger partial charge in [0.25, 0.3) is 0 Å². The Labute approximate surface area is 157 Å². The number of nitrogens with one attached hydrogen (secondary N) is 2. The lowest BCUT2D eigenvalue weighted by atomic mass is 10.0. The molecule has 6 nitrogen and oxygen atoms in total. The maximum Gasteiger partial charge on any atom is 0.209 e. The molecule has 26 heavy (non-hydrogen) atoms. The standard InChI is InChI=1S/C20H32N6/c1-5-10-18(19-21-22-23-26(19)20(3,4)6-2)25-15-13-24(14-16-25)17-11-8-7-9-12-17/h7-9,11-12,18H,5-6,10,13-16H2,1-4H3/p+2/t18-/m0/s1. The molecule has 0 amide bonds. The average Bonchev–Trinajstić information content (AvgIpc) is 3.17. The SMILES string of the molecule is CCC[C@@H](c1nnnn1C(C)(C)CC)[NH+]1CC[NH+](c2ccccc2)CC1. The van der Waals surface area contributed by atoms with Gasteiger partial charge in [0.15, 0.2) is 0 Å². The Morgan fingerprint density at radius 2 is 1.77 bits per heavy atom. The van der Waals surface area contributed by atoms with Crippen molar-refractivity contribution in [3.63, 3.8) is 0 Å². The average molecular weight is 359 g/mol. The van der Waals surface area contributed by atoms with E-state index >= 15 is 0 Å². The summed E-state index contributed by atoms with van der Waals surface area (Å²) in [6, 6.07) is 11.3. The minimum atomic E-state index is -0.0403. The topological polar surface area (TPSA) is 52.5 Å². The zero-order valence-electron chi connectivity index (χ0n) is 16.7. The molecule has 1 aliphatic heterocycles. The molecule has 2 N–H and O–H groups in total. The number of hydrogen-bond acceptors (Lipinski definition) is 3. The Morgan fingerprint density at radius 3 is 2.38 bits per heavy atom. The summed E-state index contributed by atoms with van der Waals surface area (Å²) in [7, 11) is 0. The number of quaternary nitrogens is 2. The molecule has 0 bridgehead atoms. The highest BCUT2D eigenvalue weighted by atomic mass is 15.6. The summed E-state index contributed by atoms with van der Waals surface area (Å²) in [5.74, 6) is 1.07. The van der Waals surface area contributed by atoms with Gasteiger partial charge in [-0.2, -0.15) is 0 Å². The van der Waals surface area contributed by atoms with Crippen LogP contribution in [0.5, 0.6) is 0 Å². The summed E-state index contributed by atoms with van der Waals surface area (Å²) < 4.78 is 2.08. The van der Waals surface area contributed by atoms with Gasteiger partial charge in [-0.25, -0.2) is 4.68 Å². The Kier molecular flexibility index (Phi) is 6.04. The lowest BCUT2D eigenvalue weighted by Gasteiger charge is -2.35. The van der Waals surface area contributed by atoms with Crippen LogP contribution >= 0.6 is 0 Å². The Bertz CT molecular complexity index is 673. The first kappa shape index (κ1) is 19.0. The van der Waals surface area contributed by atoms with E-state index in [2.05, 4.69) is 78.2 Å². The molecule has 6 heteroatoms. The van der Waals surface area contributed by atoms with Gasteiger partial charge in [0.1, 0.15) is 37.9 Å². The smallest absolute Gasteiger partial charge is 0.209 e. The van der Waals surface area contributed by atoms with Gasteiger partial charge in [-0.1, -0.05) is 38.5 Å². The highest BCUT2D eigenvalue weighted by Gasteiger charge is 2.36. The third kappa shape index (κ3) is 3.96. The van der Waals surface area contributed by atoms with E-state index in [-0.39, 0.29) is 5.54 Å². The number of benzene rings is 1. The van der Waals surface area contributed by atoms with Gasteiger partial charge in [-0.3, -0.25) is 4.90 Å². The third-order valence-electron chi connectivity index (χ3n) is 5.99. The van der Waals surface area contributed by atoms with Crippen LogP contribution in [0.1, 0.15) is 58.8 Å².